The number of nitrogens with zero attached hydrogens (tertiary/aromatic N) is 1. The standard InChI is InChI=1S/C13H15NO2/c1-2-12(15)13(16)11-5-3-4-9-8-14-7-6-10(9)11/h3-8,12-13,15-16H,2H2,1H3. The van der Waals surface area contributed by atoms with Crippen LogP contribution in [0.25, 0.3) is 10.8 Å². The van der Waals surface area contributed by atoms with Crippen LogP contribution in [0, 0.1) is 0 Å². The summed E-state index contributed by atoms with van der Waals surface area (Å²) in [5.74, 6) is 0. The number of hydrogen-bond acceptors (Lipinski definition) is 3. The van der Waals surface area contributed by atoms with Gasteiger partial charge in [0.15, 0.2) is 0 Å². The smallest absolute Gasteiger partial charge is 0.105 e. The van der Waals surface area contributed by atoms with Crippen LogP contribution in [-0.4, -0.2) is 21.3 Å². The van der Waals surface area contributed by atoms with Gasteiger partial charge in [-0.15, -0.1) is 0 Å². The van der Waals surface area contributed by atoms with E-state index in [0.29, 0.717) is 6.42 Å². The predicted molar refractivity (Wildman–Crippen MR) is 63.0 cm³/mol. The molecule has 2 unspecified atom stereocenters. The Hall–Kier alpha value is -1.45. The summed E-state index contributed by atoms with van der Waals surface area (Å²) in [6.45, 7) is 1.85. The van der Waals surface area contributed by atoms with Gasteiger partial charge >= 0.3 is 0 Å². The summed E-state index contributed by atoms with van der Waals surface area (Å²) in [5.41, 5.74) is 0.759. The number of hydrogen-bond donors (Lipinski definition) is 2. The van der Waals surface area contributed by atoms with Gasteiger partial charge in [-0.2, -0.15) is 0 Å². The first kappa shape index (κ1) is 11.0. The van der Waals surface area contributed by atoms with Crippen LogP contribution in [0.1, 0.15) is 25.0 Å². The Balaban J connectivity index is 2.52. The summed E-state index contributed by atoms with van der Waals surface area (Å²) in [7, 11) is 0. The van der Waals surface area contributed by atoms with E-state index < -0.39 is 12.2 Å². The molecular formula is C13H15NO2. The molecule has 1 heterocycles. The summed E-state index contributed by atoms with van der Waals surface area (Å²) >= 11 is 0. The molecule has 0 saturated carbocycles. The highest BCUT2D eigenvalue weighted by atomic mass is 16.3. The van der Waals surface area contributed by atoms with Crippen molar-refractivity contribution in [1.82, 2.24) is 4.98 Å². The number of fused-ring (bicyclic) bond motifs is 1. The molecule has 1 aromatic carbocycles. The Morgan fingerprint density at radius 1 is 1.25 bits per heavy atom. The van der Waals surface area contributed by atoms with Gasteiger partial charge in [0.05, 0.1) is 6.10 Å². The van der Waals surface area contributed by atoms with E-state index in [9.17, 15) is 10.2 Å². The molecule has 2 aromatic rings. The molecule has 2 atom stereocenters. The molecular weight excluding hydrogens is 202 g/mol. The van der Waals surface area contributed by atoms with Crippen LogP contribution < -0.4 is 0 Å². The maximum Gasteiger partial charge on any atom is 0.105 e. The number of rotatable bonds is 3. The molecule has 0 bridgehead atoms. The van der Waals surface area contributed by atoms with E-state index in [4.69, 9.17) is 0 Å². The average Bonchev–Trinajstić information content (AvgIpc) is 2.36. The minimum absolute atomic E-state index is 0.530. The SMILES string of the molecule is CCC(O)C(O)c1cccc2cnccc12. The monoisotopic (exact) mass is 217 g/mol. The molecule has 2 N–H and O–H groups in total. The maximum atomic E-state index is 10.0. The Morgan fingerprint density at radius 2 is 2.06 bits per heavy atom. The third-order valence-corrected chi connectivity index (χ3v) is 2.82. The first-order chi connectivity index (χ1) is 7.74. The predicted octanol–water partition coefficient (Wildman–Crippen LogP) is 2.04. The molecule has 0 aliphatic heterocycles. The molecule has 0 fully saturated rings. The van der Waals surface area contributed by atoms with Crippen molar-refractivity contribution in [2.24, 2.45) is 0 Å². The molecule has 0 amide bonds. The topological polar surface area (TPSA) is 53.4 Å². The molecule has 0 aliphatic carbocycles. The summed E-state index contributed by atoms with van der Waals surface area (Å²) in [6, 6.07) is 7.50. The van der Waals surface area contributed by atoms with E-state index in [2.05, 4.69) is 4.98 Å². The minimum atomic E-state index is -0.837. The Labute approximate surface area is 94.4 Å². The second kappa shape index (κ2) is 4.60. The van der Waals surface area contributed by atoms with Crippen LogP contribution in [0.5, 0.6) is 0 Å². The average molecular weight is 217 g/mol. The van der Waals surface area contributed by atoms with Crippen LogP contribution in [0.2, 0.25) is 0 Å². The lowest BCUT2D eigenvalue weighted by molar-refractivity contribution is 0.0173. The lowest BCUT2D eigenvalue weighted by atomic mass is 9.97. The van der Waals surface area contributed by atoms with Gasteiger partial charge in [-0.05, 0) is 23.4 Å². The second-order valence-electron chi connectivity index (χ2n) is 3.86. The zero-order valence-electron chi connectivity index (χ0n) is 9.17. The van der Waals surface area contributed by atoms with Gasteiger partial charge < -0.3 is 10.2 Å². The van der Waals surface area contributed by atoms with Gasteiger partial charge in [0.2, 0.25) is 0 Å². The first-order valence-electron chi connectivity index (χ1n) is 5.42. The van der Waals surface area contributed by atoms with Crippen molar-refractivity contribution in [1.29, 1.82) is 0 Å². The third-order valence-electron chi connectivity index (χ3n) is 2.82. The zero-order chi connectivity index (χ0) is 11.5. The van der Waals surface area contributed by atoms with Gasteiger partial charge in [0, 0.05) is 17.8 Å². The summed E-state index contributed by atoms with van der Waals surface area (Å²) in [6.07, 6.45) is 2.42. The van der Waals surface area contributed by atoms with Crippen LogP contribution in [0.3, 0.4) is 0 Å². The van der Waals surface area contributed by atoms with Gasteiger partial charge in [0.1, 0.15) is 6.10 Å². The van der Waals surface area contributed by atoms with Gasteiger partial charge in [-0.25, -0.2) is 0 Å². The molecule has 3 heteroatoms. The van der Waals surface area contributed by atoms with E-state index in [1.807, 2.05) is 31.2 Å². The number of aromatic nitrogens is 1. The normalized spacial score (nSPS) is 14.9. The molecule has 0 spiro atoms. The van der Waals surface area contributed by atoms with E-state index >= 15 is 0 Å². The van der Waals surface area contributed by atoms with Crippen molar-refractivity contribution < 1.29 is 10.2 Å². The first-order valence-corrected chi connectivity index (χ1v) is 5.42. The number of aliphatic hydroxyl groups excluding tert-OH is 2. The molecule has 0 radical (unpaired) electrons. The molecule has 3 nitrogen and oxygen atoms in total. The molecule has 16 heavy (non-hydrogen) atoms. The van der Waals surface area contributed by atoms with Crippen LogP contribution in [-0.2, 0) is 0 Å². The van der Waals surface area contributed by atoms with E-state index in [1.165, 1.54) is 0 Å². The van der Waals surface area contributed by atoms with E-state index in [0.717, 1.165) is 16.3 Å². The molecule has 84 valence electrons. The summed E-state index contributed by atoms with van der Waals surface area (Å²) in [4.78, 5) is 4.03. The van der Waals surface area contributed by atoms with Crippen molar-refractivity contribution in [3.05, 3.63) is 42.2 Å². The highest BCUT2D eigenvalue weighted by molar-refractivity contribution is 5.85. The molecule has 1 aromatic heterocycles. The van der Waals surface area contributed by atoms with Crippen molar-refractivity contribution in [3.63, 3.8) is 0 Å². The third kappa shape index (κ3) is 1.92. The minimum Gasteiger partial charge on any atom is -0.390 e. The Kier molecular flexibility index (Phi) is 3.17. The van der Waals surface area contributed by atoms with Crippen LogP contribution in [0.15, 0.2) is 36.7 Å². The maximum absolute atomic E-state index is 10.0. The molecule has 0 aliphatic rings. The lowest BCUT2D eigenvalue weighted by Crippen LogP contribution is -2.17. The lowest BCUT2D eigenvalue weighted by Gasteiger charge is -2.18. The van der Waals surface area contributed by atoms with Crippen molar-refractivity contribution in [2.45, 2.75) is 25.6 Å². The quantitative estimate of drug-likeness (QED) is 0.827. The highest BCUT2D eigenvalue weighted by Crippen LogP contribution is 2.26. The van der Waals surface area contributed by atoms with Gasteiger partial charge in [-0.1, -0.05) is 25.1 Å². The largest absolute Gasteiger partial charge is 0.390 e. The fourth-order valence-corrected chi connectivity index (χ4v) is 1.84. The summed E-state index contributed by atoms with van der Waals surface area (Å²) < 4.78 is 0. The highest BCUT2D eigenvalue weighted by Gasteiger charge is 2.18. The van der Waals surface area contributed by atoms with Crippen molar-refractivity contribution >= 4 is 10.8 Å². The fraction of sp³-hybridized carbons (Fsp3) is 0.308. The summed E-state index contributed by atoms with van der Waals surface area (Å²) in [5, 5.41) is 21.6. The van der Waals surface area contributed by atoms with Gasteiger partial charge in [-0.3, -0.25) is 4.98 Å². The Bertz CT molecular complexity index is 479. The number of benzene rings is 1. The zero-order valence-corrected chi connectivity index (χ0v) is 9.17. The van der Waals surface area contributed by atoms with Crippen molar-refractivity contribution in [3.8, 4) is 0 Å². The fourth-order valence-electron chi connectivity index (χ4n) is 1.84. The van der Waals surface area contributed by atoms with E-state index in [1.54, 1.807) is 12.4 Å². The van der Waals surface area contributed by atoms with Crippen LogP contribution >= 0.6 is 0 Å². The van der Waals surface area contributed by atoms with Crippen molar-refractivity contribution in [2.75, 3.05) is 0 Å². The number of aliphatic hydroxyl groups is 2. The second-order valence-corrected chi connectivity index (χ2v) is 3.86. The number of pyridine rings is 1. The van der Waals surface area contributed by atoms with E-state index in [-0.39, 0.29) is 0 Å². The molecule has 0 saturated heterocycles. The molecule has 2 rings (SSSR count). The Morgan fingerprint density at radius 3 is 2.81 bits per heavy atom. The van der Waals surface area contributed by atoms with Gasteiger partial charge in [0.25, 0.3) is 0 Å². The van der Waals surface area contributed by atoms with Crippen LogP contribution in [0.4, 0.5) is 0 Å².